The van der Waals surface area contributed by atoms with Crippen LogP contribution in [0.4, 0.5) is 0 Å². The largest absolute Gasteiger partial charge is 0.481 e. The standard InChI is InChI=1S/C11H22O3/c1-8(9(2)10(12)13)6-7-11(3,4)14-5/h8-9H,6-7H2,1-5H3,(H,12,13). The Kier molecular flexibility index (Phi) is 5.13. The average molecular weight is 202 g/mol. The van der Waals surface area contributed by atoms with Crippen LogP contribution in [0.2, 0.25) is 0 Å². The molecule has 3 heteroatoms. The lowest BCUT2D eigenvalue weighted by Crippen LogP contribution is -2.25. The summed E-state index contributed by atoms with van der Waals surface area (Å²) >= 11 is 0. The predicted octanol–water partition coefficient (Wildman–Crippen LogP) is 2.55. The van der Waals surface area contributed by atoms with Gasteiger partial charge in [0.1, 0.15) is 0 Å². The van der Waals surface area contributed by atoms with Gasteiger partial charge >= 0.3 is 5.97 Å². The molecular weight excluding hydrogens is 180 g/mol. The summed E-state index contributed by atoms with van der Waals surface area (Å²) in [5.74, 6) is -0.794. The van der Waals surface area contributed by atoms with E-state index in [2.05, 4.69) is 0 Å². The molecule has 0 fully saturated rings. The predicted molar refractivity (Wildman–Crippen MR) is 56.3 cm³/mol. The highest BCUT2D eigenvalue weighted by Gasteiger charge is 2.23. The summed E-state index contributed by atoms with van der Waals surface area (Å²) in [5.41, 5.74) is -0.146. The molecule has 0 saturated heterocycles. The number of methoxy groups -OCH3 is 1. The smallest absolute Gasteiger partial charge is 0.306 e. The number of carboxylic acid groups (broad SMARTS) is 1. The topological polar surface area (TPSA) is 46.5 Å². The van der Waals surface area contributed by atoms with E-state index in [0.717, 1.165) is 12.8 Å². The molecule has 0 saturated carbocycles. The molecule has 0 heterocycles. The third kappa shape index (κ3) is 4.61. The Morgan fingerprint density at radius 2 is 1.93 bits per heavy atom. The van der Waals surface area contributed by atoms with E-state index in [1.165, 1.54) is 0 Å². The summed E-state index contributed by atoms with van der Waals surface area (Å²) in [5, 5.41) is 8.81. The quantitative estimate of drug-likeness (QED) is 0.720. The zero-order valence-corrected chi connectivity index (χ0v) is 9.83. The van der Waals surface area contributed by atoms with Crippen molar-refractivity contribution in [3.8, 4) is 0 Å². The van der Waals surface area contributed by atoms with Crippen molar-refractivity contribution in [1.29, 1.82) is 0 Å². The van der Waals surface area contributed by atoms with Gasteiger partial charge in [0.15, 0.2) is 0 Å². The van der Waals surface area contributed by atoms with E-state index < -0.39 is 5.97 Å². The van der Waals surface area contributed by atoms with Gasteiger partial charge in [-0.15, -0.1) is 0 Å². The monoisotopic (exact) mass is 202 g/mol. The molecule has 0 aliphatic carbocycles. The van der Waals surface area contributed by atoms with Crippen LogP contribution in [-0.2, 0) is 9.53 Å². The minimum Gasteiger partial charge on any atom is -0.481 e. The van der Waals surface area contributed by atoms with Crippen LogP contribution in [-0.4, -0.2) is 23.8 Å². The van der Waals surface area contributed by atoms with Crippen LogP contribution in [0.3, 0.4) is 0 Å². The Morgan fingerprint density at radius 3 is 2.29 bits per heavy atom. The third-order valence-electron chi connectivity index (χ3n) is 3.00. The van der Waals surface area contributed by atoms with Crippen molar-refractivity contribution in [3.05, 3.63) is 0 Å². The normalized spacial score (nSPS) is 16.4. The second-order valence-corrected chi connectivity index (χ2v) is 4.61. The molecule has 2 unspecified atom stereocenters. The first-order valence-corrected chi connectivity index (χ1v) is 5.08. The fourth-order valence-corrected chi connectivity index (χ4v) is 1.17. The van der Waals surface area contributed by atoms with Crippen molar-refractivity contribution in [2.75, 3.05) is 7.11 Å². The summed E-state index contributed by atoms with van der Waals surface area (Å²) in [6.07, 6.45) is 1.77. The third-order valence-corrected chi connectivity index (χ3v) is 3.00. The van der Waals surface area contributed by atoms with E-state index in [9.17, 15) is 4.79 Å². The maximum Gasteiger partial charge on any atom is 0.306 e. The molecule has 0 bridgehead atoms. The van der Waals surface area contributed by atoms with Gasteiger partial charge in [0.05, 0.1) is 11.5 Å². The lowest BCUT2D eigenvalue weighted by molar-refractivity contribution is -0.143. The van der Waals surface area contributed by atoms with E-state index >= 15 is 0 Å². The van der Waals surface area contributed by atoms with E-state index in [-0.39, 0.29) is 17.4 Å². The molecule has 0 aliphatic heterocycles. The zero-order chi connectivity index (χ0) is 11.4. The van der Waals surface area contributed by atoms with Crippen LogP contribution < -0.4 is 0 Å². The van der Waals surface area contributed by atoms with E-state index in [0.29, 0.717) is 0 Å². The van der Waals surface area contributed by atoms with Gasteiger partial charge in [-0.1, -0.05) is 13.8 Å². The molecule has 14 heavy (non-hydrogen) atoms. The van der Waals surface area contributed by atoms with Gasteiger partial charge < -0.3 is 9.84 Å². The molecule has 0 aromatic heterocycles. The van der Waals surface area contributed by atoms with Gasteiger partial charge in [-0.05, 0) is 32.6 Å². The van der Waals surface area contributed by atoms with Gasteiger partial charge in [-0.25, -0.2) is 0 Å². The number of ether oxygens (including phenoxy) is 1. The lowest BCUT2D eigenvalue weighted by Gasteiger charge is -2.25. The first kappa shape index (κ1) is 13.4. The SMILES string of the molecule is COC(C)(C)CCC(C)C(C)C(=O)O. The molecule has 0 aromatic carbocycles. The Hall–Kier alpha value is -0.570. The Morgan fingerprint density at radius 1 is 1.43 bits per heavy atom. The zero-order valence-electron chi connectivity index (χ0n) is 9.83. The number of rotatable bonds is 6. The molecule has 1 N–H and O–H groups in total. The first-order valence-electron chi connectivity index (χ1n) is 5.08. The van der Waals surface area contributed by atoms with Gasteiger partial charge in [0, 0.05) is 7.11 Å². The van der Waals surface area contributed by atoms with Gasteiger partial charge in [-0.2, -0.15) is 0 Å². The highest BCUT2D eigenvalue weighted by atomic mass is 16.5. The van der Waals surface area contributed by atoms with E-state index in [1.807, 2.05) is 20.8 Å². The van der Waals surface area contributed by atoms with Gasteiger partial charge in [0.2, 0.25) is 0 Å². The van der Waals surface area contributed by atoms with Crippen molar-refractivity contribution in [2.24, 2.45) is 11.8 Å². The van der Waals surface area contributed by atoms with Crippen LogP contribution in [0, 0.1) is 11.8 Å². The fraction of sp³-hybridized carbons (Fsp3) is 0.909. The van der Waals surface area contributed by atoms with Crippen molar-refractivity contribution < 1.29 is 14.6 Å². The summed E-state index contributed by atoms with van der Waals surface area (Å²) in [6, 6.07) is 0. The Balaban J connectivity index is 3.96. The Bertz CT molecular complexity index is 187. The van der Waals surface area contributed by atoms with Gasteiger partial charge in [-0.3, -0.25) is 4.79 Å². The van der Waals surface area contributed by atoms with Crippen molar-refractivity contribution >= 4 is 5.97 Å². The minimum absolute atomic E-state index is 0.146. The van der Waals surface area contributed by atoms with Gasteiger partial charge in [0.25, 0.3) is 0 Å². The van der Waals surface area contributed by atoms with Crippen LogP contribution in [0.15, 0.2) is 0 Å². The highest BCUT2D eigenvalue weighted by Crippen LogP contribution is 2.23. The molecule has 0 amide bonds. The molecule has 0 spiro atoms. The van der Waals surface area contributed by atoms with Crippen molar-refractivity contribution in [3.63, 3.8) is 0 Å². The average Bonchev–Trinajstić information content (AvgIpc) is 2.13. The number of aliphatic carboxylic acids is 1. The Labute approximate surface area is 86.5 Å². The number of hydrogen-bond acceptors (Lipinski definition) is 2. The number of carboxylic acids is 1. The number of hydrogen-bond donors (Lipinski definition) is 1. The highest BCUT2D eigenvalue weighted by molar-refractivity contribution is 5.69. The molecule has 84 valence electrons. The molecule has 0 aromatic rings. The van der Waals surface area contributed by atoms with Crippen LogP contribution in [0.1, 0.15) is 40.5 Å². The summed E-state index contributed by atoms with van der Waals surface area (Å²) in [6.45, 7) is 7.77. The minimum atomic E-state index is -0.715. The molecule has 0 radical (unpaired) electrons. The lowest BCUT2D eigenvalue weighted by atomic mass is 9.88. The summed E-state index contributed by atoms with van der Waals surface area (Å²) < 4.78 is 5.28. The van der Waals surface area contributed by atoms with E-state index in [4.69, 9.17) is 9.84 Å². The molecular formula is C11H22O3. The molecule has 0 aliphatic rings. The summed E-state index contributed by atoms with van der Waals surface area (Å²) in [7, 11) is 1.69. The first-order chi connectivity index (χ1) is 6.30. The van der Waals surface area contributed by atoms with Crippen LogP contribution in [0.25, 0.3) is 0 Å². The molecule has 0 rings (SSSR count). The second-order valence-electron chi connectivity index (χ2n) is 4.61. The van der Waals surface area contributed by atoms with E-state index in [1.54, 1.807) is 14.0 Å². The molecule has 3 nitrogen and oxygen atoms in total. The van der Waals surface area contributed by atoms with Crippen molar-refractivity contribution in [2.45, 2.75) is 46.1 Å². The van der Waals surface area contributed by atoms with Crippen LogP contribution >= 0.6 is 0 Å². The number of carbonyl (C=O) groups is 1. The van der Waals surface area contributed by atoms with Crippen molar-refractivity contribution in [1.82, 2.24) is 0 Å². The second kappa shape index (κ2) is 5.35. The summed E-state index contributed by atoms with van der Waals surface area (Å²) in [4.78, 5) is 10.7. The van der Waals surface area contributed by atoms with Crippen LogP contribution in [0.5, 0.6) is 0 Å². The fourth-order valence-electron chi connectivity index (χ4n) is 1.17. The molecule has 2 atom stereocenters. The maximum absolute atomic E-state index is 10.7. The maximum atomic E-state index is 10.7.